The molecule has 1 saturated heterocycles. The highest BCUT2D eigenvalue weighted by Gasteiger charge is 2.19. The van der Waals surface area contributed by atoms with Crippen LogP contribution in [-0.4, -0.2) is 61.6 Å². The molecule has 1 fully saturated rings. The van der Waals surface area contributed by atoms with Gasteiger partial charge in [-0.3, -0.25) is 4.79 Å². The van der Waals surface area contributed by atoms with Crippen molar-refractivity contribution in [2.75, 3.05) is 32.0 Å². The van der Waals surface area contributed by atoms with E-state index >= 15 is 0 Å². The second-order valence-corrected chi connectivity index (χ2v) is 7.95. The van der Waals surface area contributed by atoms with Crippen LogP contribution < -0.4 is 11.1 Å². The van der Waals surface area contributed by atoms with Crippen molar-refractivity contribution in [2.24, 2.45) is 5.73 Å². The molecule has 0 saturated carbocycles. The number of nitrogens with one attached hydrogen (secondary N) is 1. The van der Waals surface area contributed by atoms with Gasteiger partial charge in [0, 0.05) is 49.5 Å². The standard InChI is InChI=1S/C22H26N8O/c1-24-19-12-18(27-22-16(20(23)31)13-26-30(19)22)17-14-29(21-15(17)6-5-7-25-21)11-10-28-8-3-2-4-9-28/h5-7,12-14,24H,2-4,8-11H2,1H3,(H2,23,31). The number of fused-ring (bicyclic) bond motifs is 2. The van der Waals surface area contributed by atoms with E-state index in [1.54, 1.807) is 4.52 Å². The highest BCUT2D eigenvalue weighted by molar-refractivity contribution is 5.99. The van der Waals surface area contributed by atoms with Gasteiger partial charge in [-0.15, -0.1) is 0 Å². The maximum atomic E-state index is 11.9. The molecule has 31 heavy (non-hydrogen) atoms. The first-order valence-corrected chi connectivity index (χ1v) is 10.7. The zero-order chi connectivity index (χ0) is 21.4. The number of pyridine rings is 1. The fraction of sp³-hybridized carbons (Fsp3) is 0.364. The van der Waals surface area contributed by atoms with E-state index in [0.29, 0.717) is 11.2 Å². The summed E-state index contributed by atoms with van der Waals surface area (Å²) in [6.07, 6.45) is 9.28. The predicted molar refractivity (Wildman–Crippen MR) is 120 cm³/mol. The summed E-state index contributed by atoms with van der Waals surface area (Å²) in [6, 6.07) is 5.93. The lowest BCUT2D eigenvalue weighted by Gasteiger charge is -2.26. The molecule has 0 spiro atoms. The maximum Gasteiger partial charge on any atom is 0.254 e. The molecular weight excluding hydrogens is 392 g/mol. The molecule has 5 heterocycles. The molecule has 1 amide bonds. The average Bonchev–Trinajstić information content (AvgIpc) is 3.39. The van der Waals surface area contributed by atoms with E-state index in [-0.39, 0.29) is 0 Å². The second-order valence-electron chi connectivity index (χ2n) is 7.95. The van der Waals surface area contributed by atoms with Gasteiger partial charge in [0.15, 0.2) is 5.65 Å². The Hall–Kier alpha value is -3.46. The van der Waals surface area contributed by atoms with Crippen LogP contribution >= 0.6 is 0 Å². The summed E-state index contributed by atoms with van der Waals surface area (Å²) in [6.45, 7) is 4.21. The molecule has 0 aliphatic carbocycles. The molecular formula is C22H26N8O. The number of aromatic nitrogens is 5. The molecule has 5 rings (SSSR count). The molecule has 9 heteroatoms. The average molecular weight is 419 g/mol. The van der Waals surface area contributed by atoms with Gasteiger partial charge < -0.3 is 20.5 Å². The summed E-state index contributed by atoms with van der Waals surface area (Å²) in [5.41, 5.74) is 8.92. The van der Waals surface area contributed by atoms with Gasteiger partial charge in [-0.1, -0.05) is 6.42 Å². The Morgan fingerprint density at radius 3 is 2.81 bits per heavy atom. The monoisotopic (exact) mass is 418 g/mol. The third kappa shape index (κ3) is 3.50. The van der Waals surface area contributed by atoms with E-state index in [1.807, 2.05) is 25.4 Å². The fourth-order valence-electron chi connectivity index (χ4n) is 4.38. The number of likely N-dealkylation sites (tertiary alicyclic amines) is 1. The van der Waals surface area contributed by atoms with Gasteiger partial charge in [0.25, 0.3) is 5.91 Å². The van der Waals surface area contributed by atoms with Crippen LogP contribution in [0, 0.1) is 0 Å². The first-order valence-electron chi connectivity index (χ1n) is 10.7. The Bertz CT molecular complexity index is 1250. The van der Waals surface area contributed by atoms with Crippen molar-refractivity contribution >= 4 is 28.4 Å². The first kappa shape index (κ1) is 19.5. The Balaban J connectivity index is 1.59. The molecule has 0 unspecified atom stereocenters. The third-order valence-corrected chi connectivity index (χ3v) is 6.01. The zero-order valence-electron chi connectivity index (χ0n) is 17.6. The van der Waals surface area contributed by atoms with Crippen molar-refractivity contribution in [3.8, 4) is 11.3 Å². The van der Waals surface area contributed by atoms with Crippen LogP contribution in [0.4, 0.5) is 5.82 Å². The molecule has 0 aromatic carbocycles. The van der Waals surface area contributed by atoms with Gasteiger partial charge in [-0.05, 0) is 38.1 Å². The Morgan fingerprint density at radius 2 is 2.03 bits per heavy atom. The van der Waals surface area contributed by atoms with Crippen molar-refractivity contribution in [2.45, 2.75) is 25.8 Å². The van der Waals surface area contributed by atoms with Crippen molar-refractivity contribution in [3.05, 3.63) is 42.4 Å². The number of carbonyl (C=O) groups excluding carboxylic acids is 1. The minimum absolute atomic E-state index is 0.297. The van der Waals surface area contributed by atoms with Gasteiger partial charge in [0.1, 0.15) is 17.0 Å². The summed E-state index contributed by atoms with van der Waals surface area (Å²) < 4.78 is 3.80. The highest BCUT2D eigenvalue weighted by Crippen LogP contribution is 2.31. The predicted octanol–water partition coefficient (Wildman–Crippen LogP) is 2.37. The molecule has 9 nitrogen and oxygen atoms in total. The van der Waals surface area contributed by atoms with Gasteiger partial charge in [-0.25, -0.2) is 9.97 Å². The largest absolute Gasteiger partial charge is 0.373 e. The number of hydrogen-bond donors (Lipinski definition) is 2. The maximum absolute atomic E-state index is 11.9. The minimum Gasteiger partial charge on any atom is -0.373 e. The quantitative estimate of drug-likeness (QED) is 0.498. The molecule has 4 aromatic rings. The molecule has 4 aromatic heterocycles. The van der Waals surface area contributed by atoms with Crippen LogP contribution in [0.1, 0.15) is 29.6 Å². The van der Waals surface area contributed by atoms with Gasteiger partial charge in [0.05, 0.1) is 11.9 Å². The molecule has 160 valence electrons. The van der Waals surface area contributed by atoms with E-state index in [4.69, 9.17) is 10.7 Å². The number of nitrogens with zero attached hydrogens (tertiary/aromatic N) is 6. The SMILES string of the molecule is CNc1cc(-c2cn(CCN3CCCCC3)c3ncccc23)nc2c(C(N)=O)cnn12. The summed E-state index contributed by atoms with van der Waals surface area (Å²) >= 11 is 0. The smallest absolute Gasteiger partial charge is 0.254 e. The van der Waals surface area contributed by atoms with Crippen LogP contribution in [0.2, 0.25) is 0 Å². The lowest BCUT2D eigenvalue weighted by atomic mass is 10.1. The summed E-state index contributed by atoms with van der Waals surface area (Å²) in [5, 5.41) is 8.42. The van der Waals surface area contributed by atoms with Crippen LogP contribution in [0.15, 0.2) is 36.8 Å². The molecule has 0 bridgehead atoms. The summed E-state index contributed by atoms with van der Waals surface area (Å²) in [5.74, 6) is 0.179. The van der Waals surface area contributed by atoms with Crippen molar-refractivity contribution in [1.82, 2.24) is 29.0 Å². The van der Waals surface area contributed by atoms with E-state index in [9.17, 15) is 4.79 Å². The minimum atomic E-state index is -0.549. The van der Waals surface area contributed by atoms with Crippen LogP contribution in [-0.2, 0) is 6.54 Å². The second kappa shape index (κ2) is 7.99. The molecule has 1 aliphatic rings. The first-order chi connectivity index (χ1) is 15.2. The summed E-state index contributed by atoms with van der Waals surface area (Å²) in [4.78, 5) is 23.8. The van der Waals surface area contributed by atoms with Crippen LogP contribution in [0.25, 0.3) is 27.9 Å². The van der Waals surface area contributed by atoms with E-state index in [2.05, 4.69) is 37.1 Å². The van der Waals surface area contributed by atoms with Gasteiger partial charge in [-0.2, -0.15) is 9.61 Å². The van der Waals surface area contributed by atoms with Gasteiger partial charge >= 0.3 is 0 Å². The van der Waals surface area contributed by atoms with Crippen molar-refractivity contribution in [1.29, 1.82) is 0 Å². The number of carbonyl (C=O) groups is 1. The number of rotatable bonds is 6. The van der Waals surface area contributed by atoms with E-state index < -0.39 is 5.91 Å². The molecule has 0 atom stereocenters. The van der Waals surface area contributed by atoms with Crippen molar-refractivity contribution in [3.63, 3.8) is 0 Å². The number of anilines is 1. The molecule has 3 N–H and O–H groups in total. The van der Waals surface area contributed by atoms with Gasteiger partial charge in [0.2, 0.25) is 0 Å². The Kier molecular flexibility index (Phi) is 5.03. The summed E-state index contributed by atoms with van der Waals surface area (Å²) in [7, 11) is 1.81. The normalized spacial score (nSPS) is 15.0. The lowest BCUT2D eigenvalue weighted by Crippen LogP contribution is -2.32. The lowest BCUT2D eigenvalue weighted by molar-refractivity contribution is 0.100. The van der Waals surface area contributed by atoms with Crippen molar-refractivity contribution < 1.29 is 4.79 Å². The zero-order valence-corrected chi connectivity index (χ0v) is 17.6. The fourth-order valence-corrected chi connectivity index (χ4v) is 4.38. The number of piperidine rings is 1. The molecule has 1 aliphatic heterocycles. The van der Waals surface area contributed by atoms with Crippen LogP contribution in [0.5, 0.6) is 0 Å². The number of primary amides is 1. The van der Waals surface area contributed by atoms with Crippen LogP contribution in [0.3, 0.4) is 0 Å². The van der Waals surface area contributed by atoms with E-state index in [1.165, 1.54) is 38.5 Å². The Morgan fingerprint density at radius 1 is 1.19 bits per heavy atom. The molecule has 0 radical (unpaired) electrons. The number of hydrogen-bond acceptors (Lipinski definition) is 6. The topological polar surface area (TPSA) is 106 Å². The third-order valence-electron chi connectivity index (χ3n) is 6.01. The number of nitrogens with two attached hydrogens (primary N) is 1. The van der Waals surface area contributed by atoms with E-state index in [0.717, 1.165) is 41.2 Å². The number of amides is 1. The highest BCUT2D eigenvalue weighted by atomic mass is 16.1. The Labute approximate surface area is 179 Å².